The van der Waals surface area contributed by atoms with Crippen molar-refractivity contribution in [3.63, 3.8) is 0 Å². The average Bonchev–Trinajstić information content (AvgIpc) is 3.44. The number of benzene rings is 1. The Kier molecular flexibility index (Phi) is 8.06. The monoisotopic (exact) mass is 445 g/mol. The van der Waals surface area contributed by atoms with Crippen LogP contribution in [0.25, 0.3) is 0 Å². The fourth-order valence-electron chi connectivity index (χ4n) is 3.95. The van der Waals surface area contributed by atoms with Crippen molar-refractivity contribution in [2.45, 2.75) is 42.2 Å². The lowest BCUT2D eigenvalue weighted by molar-refractivity contribution is -0.0679. The second kappa shape index (κ2) is 11.2. The molecule has 2 aliphatic heterocycles. The number of nitrogens with zero attached hydrogens (tertiary/aromatic N) is 1. The molecular weight excluding hydrogens is 414 g/mol. The number of ether oxygens (including phenoxy) is 1. The van der Waals surface area contributed by atoms with Crippen molar-refractivity contribution in [2.24, 2.45) is 4.99 Å². The fourth-order valence-corrected chi connectivity index (χ4v) is 6.12. The number of hydrogen-bond donors (Lipinski definition) is 2. The van der Waals surface area contributed by atoms with Crippen LogP contribution in [0.2, 0.25) is 0 Å². The molecule has 1 spiro atoms. The van der Waals surface area contributed by atoms with Crippen LogP contribution in [0.15, 0.2) is 63.0 Å². The first-order valence-electron chi connectivity index (χ1n) is 10.8. The third kappa shape index (κ3) is 6.46. The molecule has 2 aliphatic rings. The SMILES string of the molecule is c1ccc(SCCNC(=NCCc2ccco2)NC2CCOC3(CCSC3)C2)cc1. The molecule has 4 rings (SSSR count). The third-order valence-electron chi connectivity index (χ3n) is 5.52. The zero-order valence-corrected chi connectivity index (χ0v) is 19.0. The average molecular weight is 446 g/mol. The summed E-state index contributed by atoms with van der Waals surface area (Å²) in [4.78, 5) is 6.13. The van der Waals surface area contributed by atoms with E-state index in [-0.39, 0.29) is 5.60 Å². The fraction of sp³-hybridized carbons (Fsp3) is 0.522. The number of guanidine groups is 1. The molecule has 1 aromatic heterocycles. The van der Waals surface area contributed by atoms with Gasteiger partial charge in [-0.25, -0.2) is 0 Å². The zero-order chi connectivity index (χ0) is 20.5. The van der Waals surface area contributed by atoms with E-state index in [9.17, 15) is 0 Å². The molecule has 2 aromatic rings. The molecule has 30 heavy (non-hydrogen) atoms. The number of hydrogen-bond acceptors (Lipinski definition) is 5. The lowest BCUT2D eigenvalue weighted by atomic mass is 9.90. The van der Waals surface area contributed by atoms with Crippen LogP contribution in [-0.2, 0) is 11.2 Å². The first-order valence-corrected chi connectivity index (χ1v) is 12.9. The van der Waals surface area contributed by atoms with Crippen LogP contribution in [-0.4, -0.2) is 54.6 Å². The van der Waals surface area contributed by atoms with E-state index in [4.69, 9.17) is 14.1 Å². The molecule has 162 valence electrons. The van der Waals surface area contributed by atoms with Gasteiger partial charge in [-0.05, 0) is 49.3 Å². The quantitative estimate of drug-likeness (QED) is 0.275. The maximum Gasteiger partial charge on any atom is 0.191 e. The zero-order valence-electron chi connectivity index (χ0n) is 17.3. The maximum atomic E-state index is 6.18. The van der Waals surface area contributed by atoms with Crippen LogP contribution < -0.4 is 10.6 Å². The van der Waals surface area contributed by atoms with Crippen molar-refractivity contribution >= 4 is 29.5 Å². The molecule has 0 radical (unpaired) electrons. The minimum Gasteiger partial charge on any atom is -0.469 e. The van der Waals surface area contributed by atoms with E-state index in [1.807, 2.05) is 35.7 Å². The van der Waals surface area contributed by atoms with Gasteiger partial charge in [-0.3, -0.25) is 4.99 Å². The molecule has 7 heteroatoms. The van der Waals surface area contributed by atoms with E-state index >= 15 is 0 Å². The predicted octanol–water partition coefficient (Wildman–Crippen LogP) is 4.20. The Hall–Kier alpha value is -1.57. The molecule has 0 amide bonds. The summed E-state index contributed by atoms with van der Waals surface area (Å²) in [6.07, 6.45) is 5.80. The molecular formula is C23H31N3O2S2. The van der Waals surface area contributed by atoms with E-state index < -0.39 is 0 Å². The van der Waals surface area contributed by atoms with Crippen molar-refractivity contribution in [1.29, 1.82) is 0 Å². The van der Waals surface area contributed by atoms with Gasteiger partial charge in [0.05, 0.1) is 11.9 Å². The Morgan fingerprint density at radius 3 is 2.97 bits per heavy atom. The van der Waals surface area contributed by atoms with Crippen molar-refractivity contribution in [2.75, 3.05) is 37.0 Å². The van der Waals surface area contributed by atoms with Crippen molar-refractivity contribution in [3.05, 3.63) is 54.5 Å². The number of furan rings is 1. The highest BCUT2D eigenvalue weighted by atomic mass is 32.2. The molecule has 0 bridgehead atoms. The summed E-state index contributed by atoms with van der Waals surface area (Å²) < 4.78 is 11.6. The van der Waals surface area contributed by atoms with Gasteiger partial charge in [0.1, 0.15) is 5.76 Å². The van der Waals surface area contributed by atoms with Crippen LogP contribution in [0, 0.1) is 0 Å². The van der Waals surface area contributed by atoms with Gasteiger partial charge in [-0.15, -0.1) is 11.8 Å². The highest BCUT2D eigenvalue weighted by Crippen LogP contribution is 2.38. The summed E-state index contributed by atoms with van der Waals surface area (Å²) in [7, 11) is 0. The summed E-state index contributed by atoms with van der Waals surface area (Å²) in [6.45, 7) is 2.41. The molecule has 3 heterocycles. The van der Waals surface area contributed by atoms with E-state index in [0.29, 0.717) is 12.6 Å². The van der Waals surface area contributed by atoms with Crippen LogP contribution in [0.5, 0.6) is 0 Å². The van der Waals surface area contributed by atoms with Crippen molar-refractivity contribution in [3.8, 4) is 0 Å². The van der Waals surface area contributed by atoms with Gasteiger partial charge in [0.25, 0.3) is 0 Å². The molecule has 0 saturated carbocycles. The predicted molar refractivity (Wildman–Crippen MR) is 127 cm³/mol. The minimum atomic E-state index is 0.0724. The van der Waals surface area contributed by atoms with Crippen molar-refractivity contribution < 1.29 is 9.15 Å². The van der Waals surface area contributed by atoms with Crippen molar-refractivity contribution in [1.82, 2.24) is 10.6 Å². The maximum absolute atomic E-state index is 6.18. The molecule has 2 N–H and O–H groups in total. The lowest BCUT2D eigenvalue weighted by Gasteiger charge is -2.38. The highest BCUT2D eigenvalue weighted by molar-refractivity contribution is 7.99. The number of nitrogens with one attached hydrogen (secondary N) is 2. The molecule has 5 nitrogen and oxygen atoms in total. The first-order chi connectivity index (χ1) is 14.8. The largest absolute Gasteiger partial charge is 0.469 e. The lowest BCUT2D eigenvalue weighted by Crippen LogP contribution is -2.52. The Morgan fingerprint density at radius 2 is 2.17 bits per heavy atom. The van der Waals surface area contributed by atoms with Crippen LogP contribution in [0.4, 0.5) is 0 Å². The van der Waals surface area contributed by atoms with Gasteiger partial charge < -0.3 is 19.8 Å². The smallest absolute Gasteiger partial charge is 0.191 e. The van der Waals surface area contributed by atoms with Gasteiger partial charge in [-0.1, -0.05) is 18.2 Å². The Bertz CT molecular complexity index is 777. The van der Waals surface area contributed by atoms with E-state index in [1.165, 1.54) is 17.1 Å². The standard InChI is InChI=1S/C23H31N3O2S2/c1-2-6-21(7-3-1)30-16-12-25-22(24-11-8-20-5-4-13-27-20)26-19-9-14-28-23(17-19)10-15-29-18-23/h1-7,13,19H,8-12,14-18H2,(H2,24,25,26). The molecule has 0 aliphatic carbocycles. The summed E-state index contributed by atoms with van der Waals surface area (Å²) in [6, 6.07) is 14.9. The van der Waals surface area contributed by atoms with Gasteiger partial charge in [0.2, 0.25) is 0 Å². The highest BCUT2D eigenvalue weighted by Gasteiger charge is 2.40. The van der Waals surface area contributed by atoms with Gasteiger partial charge >= 0.3 is 0 Å². The summed E-state index contributed by atoms with van der Waals surface area (Å²) in [5.41, 5.74) is 0.0724. The molecule has 2 fully saturated rings. The Labute approximate surface area is 187 Å². The summed E-state index contributed by atoms with van der Waals surface area (Å²) in [5, 5.41) is 7.23. The molecule has 2 saturated heterocycles. The first kappa shape index (κ1) is 21.7. The normalized spacial score (nSPS) is 24.3. The topological polar surface area (TPSA) is 58.8 Å². The van der Waals surface area contributed by atoms with E-state index in [0.717, 1.165) is 55.6 Å². The summed E-state index contributed by atoms with van der Waals surface area (Å²) >= 11 is 3.88. The van der Waals surface area contributed by atoms with E-state index in [2.05, 4.69) is 41.0 Å². The third-order valence-corrected chi connectivity index (χ3v) is 7.75. The molecule has 2 atom stereocenters. The van der Waals surface area contributed by atoms with Gasteiger partial charge in [0, 0.05) is 48.6 Å². The van der Waals surface area contributed by atoms with E-state index in [1.54, 1.807) is 6.26 Å². The molecule has 2 unspecified atom stereocenters. The molecule has 1 aromatic carbocycles. The number of aliphatic imine (C=N–C) groups is 1. The summed E-state index contributed by atoms with van der Waals surface area (Å²) in [5.74, 6) is 5.22. The van der Waals surface area contributed by atoms with Crippen LogP contribution >= 0.6 is 23.5 Å². The number of thioether (sulfide) groups is 2. The minimum absolute atomic E-state index is 0.0724. The van der Waals surface area contributed by atoms with Gasteiger partial charge in [-0.2, -0.15) is 11.8 Å². The van der Waals surface area contributed by atoms with Gasteiger partial charge in [0.15, 0.2) is 5.96 Å². The van der Waals surface area contributed by atoms with Crippen LogP contribution in [0.1, 0.15) is 25.0 Å². The number of rotatable bonds is 8. The Morgan fingerprint density at radius 1 is 1.23 bits per heavy atom. The second-order valence-corrected chi connectivity index (χ2v) is 10.1. The Balaban J connectivity index is 1.30. The second-order valence-electron chi connectivity index (χ2n) is 7.82. The van der Waals surface area contributed by atoms with Crippen LogP contribution in [0.3, 0.4) is 0 Å².